The van der Waals surface area contributed by atoms with Gasteiger partial charge in [0.2, 0.25) is 0 Å². The zero-order chi connectivity index (χ0) is 19.8. The lowest BCUT2D eigenvalue weighted by Gasteiger charge is -2.30. The molecule has 0 saturated heterocycles. The molecule has 0 radical (unpaired) electrons. The number of anilines is 1. The molecule has 0 bridgehead atoms. The van der Waals surface area contributed by atoms with Crippen molar-refractivity contribution in [2.45, 2.75) is 23.8 Å². The van der Waals surface area contributed by atoms with Crippen LogP contribution in [0.1, 0.15) is 18.9 Å². The topological polar surface area (TPSA) is 84.5 Å². The molecule has 0 amide bonds. The molecule has 0 aromatic heterocycles. The van der Waals surface area contributed by atoms with Crippen molar-refractivity contribution in [2.75, 3.05) is 10.5 Å². The third-order valence-electron chi connectivity index (χ3n) is 4.23. The summed E-state index contributed by atoms with van der Waals surface area (Å²) in [5.74, 6) is 0.0706. The van der Waals surface area contributed by atoms with Gasteiger partial charge < -0.3 is 5.73 Å². The molecular formula is C17H16Cl2FN3O2S2. The number of halogens is 3. The van der Waals surface area contributed by atoms with Gasteiger partial charge in [-0.1, -0.05) is 41.0 Å². The first-order valence-corrected chi connectivity index (χ1v) is 11.1. The second kappa shape index (κ2) is 7.50. The average molecular weight is 448 g/mol. The fourth-order valence-corrected chi connectivity index (χ4v) is 5.10. The summed E-state index contributed by atoms with van der Waals surface area (Å²) in [4.78, 5) is 4.34. The summed E-state index contributed by atoms with van der Waals surface area (Å²) in [6.07, 6.45) is 0.697. The number of hydrogen-bond donors (Lipinski definition) is 2. The van der Waals surface area contributed by atoms with Gasteiger partial charge in [-0.2, -0.15) is 0 Å². The minimum atomic E-state index is -4.05. The third kappa shape index (κ3) is 4.34. The molecule has 3 N–H and O–H groups in total. The highest BCUT2D eigenvalue weighted by Gasteiger charge is 2.30. The maximum atomic E-state index is 14.3. The fourth-order valence-electron chi connectivity index (χ4n) is 2.68. The van der Waals surface area contributed by atoms with Crippen LogP contribution in [-0.4, -0.2) is 19.3 Å². The van der Waals surface area contributed by atoms with Crippen molar-refractivity contribution in [3.8, 4) is 0 Å². The minimum absolute atomic E-state index is 0.0887. The Kier molecular flexibility index (Phi) is 5.63. The molecule has 27 heavy (non-hydrogen) atoms. The fraction of sp³-hybridized carbons (Fsp3) is 0.235. The van der Waals surface area contributed by atoms with Crippen LogP contribution >= 0.6 is 35.0 Å². The first-order valence-electron chi connectivity index (χ1n) is 7.87. The number of amidine groups is 1. The highest BCUT2D eigenvalue weighted by atomic mass is 35.5. The lowest BCUT2D eigenvalue weighted by molar-refractivity contribution is 0.481. The van der Waals surface area contributed by atoms with Gasteiger partial charge in [0.25, 0.3) is 10.0 Å². The molecular weight excluding hydrogens is 432 g/mol. The number of aliphatic imine (C=N–C) groups is 1. The van der Waals surface area contributed by atoms with Crippen LogP contribution in [0.4, 0.5) is 10.1 Å². The summed E-state index contributed by atoms with van der Waals surface area (Å²) >= 11 is 13.2. The van der Waals surface area contributed by atoms with Crippen LogP contribution in [0, 0.1) is 5.82 Å². The highest BCUT2D eigenvalue weighted by molar-refractivity contribution is 8.13. The van der Waals surface area contributed by atoms with Crippen LogP contribution < -0.4 is 10.5 Å². The predicted molar refractivity (Wildman–Crippen MR) is 110 cm³/mol. The lowest BCUT2D eigenvalue weighted by atomic mass is 9.89. The smallest absolute Gasteiger partial charge is 0.262 e. The van der Waals surface area contributed by atoms with E-state index in [2.05, 4.69) is 9.71 Å². The Morgan fingerprint density at radius 1 is 1.22 bits per heavy atom. The summed E-state index contributed by atoms with van der Waals surface area (Å²) in [6.45, 7) is 1.88. The molecule has 1 atom stereocenters. The largest absolute Gasteiger partial charge is 0.379 e. The van der Waals surface area contributed by atoms with Crippen molar-refractivity contribution in [1.82, 2.24) is 0 Å². The third-order valence-corrected chi connectivity index (χ3v) is 7.13. The zero-order valence-electron chi connectivity index (χ0n) is 14.2. The number of rotatable bonds is 4. The Bertz CT molecular complexity index is 1030. The van der Waals surface area contributed by atoms with Gasteiger partial charge in [-0.05, 0) is 49.2 Å². The summed E-state index contributed by atoms with van der Waals surface area (Å²) in [7, 11) is -4.05. The predicted octanol–water partition coefficient (Wildman–Crippen LogP) is 4.60. The first-order chi connectivity index (χ1) is 12.6. The van der Waals surface area contributed by atoms with Crippen LogP contribution in [-0.2, 0) is 15.6 Å². The molecule has 10 heteroatoms. The SMILES string of the molecule is CC1(c2ccc(F)c(NS(=O)(=O)c3ccc(Cl)c(Cl)c3)c2)CCSC(N)=N1. The molecule has 144 valence electrons. The second-order valence-electron chi connectivity index (χ2n) is 6.20. The monoisotopic (exact) mass is 447 g/mol. The number of benzene rings is 2. The molecule has 2 aromatic carbocycles. The summed E-state index contributed by atoms with van der Waals surface area (Å²) < 4.78 is 41.8. The van der Waals surface area contributed by atoms with Gasteiger partial charge in [0.15, 0.2) is 5.17 Å². The normalized spacial score (nSPS) is 20.2. The van der Waals surface area contributed by atoms with E-state index in [-0.39, 0.29) is 20.6 Å². The maximum Gasteiger partial charge on any atom is 0.262 e. The van der Waals surface area contributed by atoms with E-state index in [4.69, 9.17) is 28.9 Å². The van der Waals surface area contributed by atoms with Crippen LogP contribution in [0.3, 0.4) is 0 Å². The van der Waals surface area contributed by atoms with E-state index >= 15 is 0 Å². The van der Waals surface area contributed by atoms with Crippen molar-refractivity contribution in [1.29, 1.82) is 0 Å². The van der Waals surface area contributed by atoms with Gasteiger partial charge in [0.05, 0.1) is 26.2 Å². The van der Waals surface area contributed by atoms with Crippen molar-refractivity contribution >= 4 is 55.8 Å². The van der Waals surface area contributed by atoms with E-state index in [1.807, 2.05) is 6.92 Å². The highest BCUT2D eigenvalue weighted by Crippen LogP contribution is 2.37. The first kappa shape index (κ1) is 20.3. The average Bonchev–Trinajstić information content (AvgIpc) is 2.58. The van der Waals surface area contributed by atoms with Crippen molar-refractivity contribution in [3.63, 3.8) is 0 Å². The van der Waals surface area contributed by atoms with Crippen molar-refractivity contribution < 1.29 is 12.8 Å². The molecule has 1 unspecified atom stereocenters. The molecule has 1 aliphatic heterocycles. The molecule has 0 spiro atoms. The van der Waals surface area contributed by atoms with E-state index in [1.54, 1.807) is 6.07 Å². The second-order valence-corrected chi connectivity index (χ2v) is 9.81. The molecule has 1 aliphatic rings. The quantitative estimate of drug-likeness (QED) is 0.716. The molecule has 0 aliphatic carbocycles. The zero-order valence-corrected chi connectivity index (χ0v) is 17.3. The number of thioether (sulfide) groups is 1. The van der Waals surface area contributed by atoms with Gasteiger partial charge >= 0.3 is 0 Å². The number of nitrogens with zero attached hydrogens (tertiary/aromatic N) is 1. The molecule has 2 aromatic rings. The standard InChI is InChI=1S/C17H16Cl2FN3O2S2/c1-17(6-7-26-16(21)22-17)10-2-5-14(20)15(8-10)23-27(24,25)11-3-4-12(18)13(19)9-11/h2-5,8-9,23H,6-7H2,1H3,(H2,21,22). The molecule has 0 fully saturated rings. The van der Waals surface area contributed by atoms with Crippen molar-refractivity contribution in [2.24, 2.45) is 10.7 Å². The van der Waals surface area contributed by atoms with E-state index in [0.717, 1.165) is 5.75 Å². The molecule has 1 heterocycles. The Hall–Kier alpha value is -1.48. The summed E-state index contributed by atoms with van der Waals surface area (Å²) in [5, 5.41) is 0.763. The minimum Gasteiger partial charge on any atom is -0.379 e. The Labute approximate surface area is 171 Å². The Morgan fingerprint density at radius 2 is 1.96 bits per heavy atom. The van der Waals surface area contributed by atoms with Gasteiger partial charge in [-0.15, -0.1) is 0 Å². The Balaban J connectivity index is 1.97. The summed E-state index contributed by atoms with van der Waals surface area (Å²) in [6, 6.07) is 8.10. The van der Waals surface area contributed by atoms with Crippen LogP contribution in [0.15, 0.2) is 46.3 Å². The van der Waals surface area contributed by atoms with E-state index < -0.39 is 21.4 Å². The van der Waals surface area contributed by atoms with Gasteiger partial charge in [0, 0.05) is 5.75 Å². The van der Waals surface area contributed by atoms with E-state index in [0.29, 0.717) is 17.2 Å². The van der Waals surface area contributed by atoms with Crippen LogP contribution in [0.25, 0.3) is 0 Å². The number of sulfonamides is 1. The molecule has 0 saturated carbocycles. The summed E-state index contributed by atoms with van der Waals surface area (Å²) in [5.41, 5.74) is 5.67. The van der Waals surface area contributed by atoms with Crippen LogP contribution in [0.2, 0.25) is 10.0 Å². The van der Waals surface area contributed by atoms with E-state index in [9.17, 15) is 12.8 Å². The number of nitrogens with one attached hydrogen (secondary N) is 1. The van der Waals surface area contributed by atoms with Gasteiger partial charge in [-0.25, -0.2) is 12.8 Å². The van der Waals surface area contributed by atoms with Gasteiger partial charge in [0.1, 0.15) is 5.82 Å². The lowest BCUT2D eigenvalue weighted by Crippen LogP contribution is -2.29. The number of nitrogens with two attached hydrogens (primary N) is 1. The van der Waals surface area contributed by atoms with Crippen molar-refractivity contribution in [3.05, 3.63) is 57.8 Å². The Morgan fingerprint density at radius 3 is 2.63 bits per heavy atom. The van der Waals surface area contributed by atoms with E-state index in [1.165, 1.54) is 42.1 Å². The molecule has 5 nitrogen and oxygen atoms in total. The van der Waals surface area contributed by atoms with Gasteiger partial charge in [-0.3, -0.25) is 9.71 Å². The van der Waals surface area contributed by atoms with Crippen LogP contribution in [0.5, 0.6) is 0 Å². The maximum absolute atomic E-state index is 14.3. The molecule has 3 rings (SSSR count). The number of hydrogen-bond acceptors (Lipinski definition) is 5.